The lowest BCUT2D eigenvalue weighted by Gasteiger charge is -2.08. The normalized spacial score (nSPS) is 11.9. The van der Waals surface area contributed by atoms with Crippen LogP contribution < -0.4 is 5.69 Å². The number of nitrogens with zero attached hydrogens (tertiary/aromatic N) is 6. The Hall–Kier alpha value is -2.25. The molecule has 0 fully saturated rings. The Balaban J connectivity index is 2.75. The SMILES string of the molecule is C#CCn1nnc2c(S(=O)(=O)N(C)C)ncn2c1=O. The largest absolute Gasteiger partial charge is 0.353 e. The topological polar surface area (TPSA) is 102 Å². The summed E-state index contributed by atoms with van der Waals surface area (Å²) in [5, 5.41) is 6.93. The second-order valence-electron chi connectivity index (χ2n) is 3.76. The van der Waals surface area contributed by atoms with Gasteiger partial charge in [-0.3, -0.25) is 0 Å². The average molecular weight is 282 g/mol. The summed E-state index contributed by atoms with van der Waals surface area (Å²) in [6.07, 6.45) is 6.16. The van der Waals surface area contributed by atoms with Crippen molar-refractivity contribution in [1.82, 2.24) is 28.7 Å². The molecular formula is C9H10N6O3S. The fourth-order valence-corrected chi connectivity index (χ4v) is 2.25. The maximum absolute atomic E-state index is 12.0. The Morgan fingerprint density at radius 2 is 2.16 bits per heavy atom. The van der Waals surface area contributed by atoms with E-state index in [0.717, 1.165) is 19.7 Å². The fourth-order valence-electron chi connectivity index (χ4n) is 1.36. The predicted octanol–water partition coefficient (Wildman–Crippen LogP) is -1.83. The monoisotopic (exact) mass is 282 g/mol. The van der Waals surface area contributed by atoms with E-state index in [1.165, 1.54) is 14.1 Å². The van der Waals surface area contributed by atoms with Gasteiger partial charge in [0.15, 0.2) is 0 Å². The summed E-state index contributed by atoms with van der Waals surface area (Å²) in [5.41, 5.74) is -0.734. The van der Waals surface area contributed by atoms with Gasteiger partial charge in [0.25, 0.3) is 10.0 Å². The van der Waals surface area contributed by atoms with Crippen LogP contribution in [0.3, 0.4) is 0 Å². The maximum Gasteiger partial charge on any atom is 0.353 e. The van der Waals surface area contributed by atoms with Gasteiger partial charge in [-0.05, 0) is 0 Å². The molecule has 0 aliphatic carbocycles. The molecule has 0 amide bonds. The summed E-state index contributed by atoms with van der Waals surface area (Å²) in [6, 6.07) is 0. The van der Waals surface area contributed by atoms with Crippen LogP contribution in [-0.4, -0.2) is 51.2 Å². The van der Waals surface area contributed by atoms with Crippen molar-refractivity contribution in [3.8, 4) is 12.3 Å². The highest BCUT2D eigenvalue weighted by molar-refractivity contribution is 7.89. The Morgan fingerprint density at radius 3 is 2.74 bits per heavy atom. The van der Waals surface area contributed by atoms with E-state index in [4.69, 9.17) is 6.42 Å². The van der Waals surface area contributed by atoms with Gasteiger partial charge in [-0.15, -0.1) is 11.5 Å². The summed E-state index contributed by atoms with van der Waals surface area (Å²) in [7, 11) is -1.08. The van der Waals surface area contributed by atoms with Crippen LogP contribution in [0.25, 0.3) is 5.65 Å². The Bertz CT molecular complexity index is 826. The number of terminal acetylenes is 1. The van der Waals surface area contributed by atoms with Crippen LogP contribution in [0, 0.1) is 12.3 Å². The molecule has 2 rings (SSSR count). The van der Waals surface area contributed by atoms with Gasteiger partial charge in [-0.1, -0.05) is 11.1 Å². The van der Waals surface area contributed by atoms with Crippen molar-refractivity contribution in [3.63, 3.8) is 0 Å². The van der Waals surface area contributed by atoms with E-state index in [9.17, 15) is 13.2 Å². The van der Waals surface area contributed by atoms with E-state index in [1.807, 2.05) is 0 Å². The number of sulfonamides is 1. The van der Waals surface area contributed by atoms with E-state index in [1.54, 1.807) is 0 Å². The smallest absolute Gasteiger partial charge is 0.245 e. The molecule has 19 heavy (non-hydrogen) atoms. The van der Waals surface area contributed by atoms with Crippen LogP contribution in [-0.2, 0) is 16.6 Å². The van der Waals surface area contributed by atoms with Crippen LogP contribution >= 0.6 is 0 Å². The van der Waals surface area contributed by atoms with Gasteiger partial charge in [0, 0.05) is 14.1 Å². The van der Waals surface area contributed by atoms with E-state index in [-0.39, 0.29) is 17.2 Å². The molecule has 2 heterocycles. The quantitative estimate of drug-likeness (QED) is 0.614. The Labute approximate surface area is 108 Å². The first-order valence-electron chi connectivity index (χ1n) is 5.06. The molecule has 10 heteroatoms. The third-order valence-corrected chi connectivity index (χ3v) is 4.09. The van der Waals surface area contributed by atoms with Crippen molar-refractivity contribution in [1.29, 1.82) is 0 Å². The molecule has 2 aromatic heterocycles. The molecule has 0 radical (unpaired) electrons. The molecule has 0 atom stereocenters. The second-order valence-corrected chi connectivity index (χ2v) is 5.83. The first-order valence-corrected chi connectivity index (χ1v) is 6.50. The van der Waals surface area contributed by atoms with Crippen molar-refractivity contribution in [2.45, 2.75) is 11.6 Å². The molecule has 100 valence electrons. The molecule has 0 aliphatic rings. The van der Waals surface area contributed by atoms with Crippen LogP contribution in [0.1, 0.15) is 0 Å². The molecule has 0 N–H and O–H groups in total. The first kappa shape index (κ1) is 13.2. The molecule has 0 aromatic carbocycles. The van der Waals surface area contributed by atoms with Crippen LogP contribution in [0.5, 0.6) is 0 Å². The highest BCUT2D eigenvalue weighted by Gasteiger charge is 2.25. The minimum atomic E-state index is -3.79. The van der Waals surface area contributed by atoms with Gasteiger partial charge in [0.05, 0.1) is 0 Å². The number of hydrogen-bond acceptors (Lipinski definition) is 6. The van der Waals surface area contributed by atoms with Gasteiger partial charge >= 0.3 is 5.69 Å². The first-order chi connectivity index (χ1) is 8.89. The van der Waals surface area contributed by atoms with E-state index >= 15 is 0 Å². The standard InChI is InChI=1S/C9H10N6O3S/c1-4-5-15-9(16)14-6-10-8(7(14)11-12-15)19(17,18)13(2)3/h1,6H,5H2,2-3H3. The summed E-state index contributed by atoms with van der Waals surface area (Å²) < 4.78 is 26.8. The van der Waals surface area contributed by atoms with Crippen molar-refractivity contribution >= 4 is 15.7 Å². The van der Waals surface area contributed by atoms with Gasteiger partial charge in [-0.2, -0.15) is 4.68 Å². The minimum absolute atomic E-state index is 0.0598. The molecule has 9 nitrogen and oxygen atoms in total. The zero-order valence-corrected chi connectivity index (χ0v) is 11.0. The van der Waals surface area contributed by atoms with Crippen LogP contribution in [0.4, 0.5) is 0 Å². The zero-order valence-electron chi connectivity index (χ0n) is 10.2. The molecule has 0 aliphatic heterocycles. The highest BCUT2D eigenvalue weighted by atomic mass is 32.2. The van der Waals surface area contributed by atoms with Crippen molar-refractivity contribution in [3.05, 3.63) is 16.8 Å². The predicted molar refractivity (Wildman–Crippen MR) is 64.7 cm³/mol. The molecule has 0 spiro atoms. The van der Waals surface area contributed by atoms with E-state index in [2.05, 4.69) is 21.2 Å². The Kier molecular flexibility index (Phi) is 3.09. The third-order valence-electron chi connectivity index (χ3n) is 2.35. The lowest BCUT2D eigenvalue weighted by Crippen LogP contribution is -2.30. The van der Waals surface area contributed by atoms with Gasteiger partial charge in [-0.25, -0.2) is 26.9 Å². The van der Waals surface area contributed by atoms with Crippen LogP contribution in [0.2, 0.25) is 0 Å². The summed E-state index contributed by atoms with van der Waals surface area (Å²) in [4.78, 5) is 15.6. The lowest BCUT2D eigenvalue weighted by molar-refractivity contribution is 0.517. The number of aromatic nitrogens is 5. The molecule has 0 unspecified atom stereocenters. The number of fused-ring (bicyclic) bond motifs is 1. The number of rotatable bonds is 3. The Morgan fingerprint density at radius 1 is 1.47 bits per heavy atom. The van der Waals surface area contributed by atoms with Crippen molar-refractivity contribution in [2.75, 3.05) is 14.1 Å². The number of hydrogen-bond donors (Lipinski definition) is 0. The van der Waals surface area contributed by atoms with Crippen LogP contribution in [0.15, 0.2) is 16.1 Å². The van der Waals surface area contributed by atoms with E-state index in [0.29, 0.717) is 0 Å². The second kappa shape index (κ2) is 4.45. The average Bonchev–Trinajstić information content (AvgIpc) is 2.78. The fraction of sp³-hybridized carbons (Fsp3) is 0.333. The zero-order chi connectivity index (χ0) is 14.2. The van der Waals surface area contributed by atoms with E-state index < -0.39 is 15.7 Å². The highest BCUT2D eigenvalue weighted by Crippen LogP contribution is 2.13. The van der Waals surface area contributed by atoms with Gasteiger partial charge < -0.3 is 0 Å². The summed E-state index contributed by atoms with van der Waals surface area (Å²) >= 11 is 0. The summed E-state index contributed by atoms with van der Waals surface area (Å²) in [5.74, 6) is 2.25. The van der Waals surface area contributed by atoms with Gasteiger partial charge in [0.1, 0.15) is 12.9 Å². The van der Waals surface area contributed by atoms with Crippen molar-refractivity contribution in [2.24, 2.45) is 0 Å². The maximum atomic E-state index is 12.0. The molecule has 0 bridgehead atoms. The minimum Gasteiger partial charge on any atom is -0.245 e. The molecule has 0 saturated heterocycles. The lowest BCUT2D eigenvalue weighted by atomic mass is 10.7. The van der Waals surface area contributed by atoms with Crippen molar-refractivity contribution < 1.29 is 8.42 Å². The molecule has 0 saturated carbocycles. The summed E-state index contributed by atoms with van der Waals surface area (Å²) in [6.45, 7) is -0.0598. The molecular weight excluding hydrogens is 272 g/mol. The third kappa shape index (κ3) is 1.98. The van der Waals surface area contributed by atoms with Gasteiger partial charge in [0.2, 0.25) is 10.7 Å². The molecule has 2 aromatic rings. The number of imidazole rings is 1.